The molecule has 23 heavy (non-hydrogen) atoms. The summed E-state index contributed by atoms with van der Waals surface area (Å²) in [5.41, 5.74) is -0.243. The van der Waals surface area contributed by atoms with Crippen LogP contribution in [0.5, 0.6) is 5.75 Å². The van der Waals surface area contributed by atoms with Gasteiger partial charge in [0.15, 0.2) is 5.69 Å². The molecule has 2 rings (SSSR count). The summed E-state index contributed by atoms with van der Waals surface area (Å²) in [5, 5.41) is 0.308. The molecule has 0 fully saturated rings. The van der Waals surface area contributed by atoms with Gasteiger partial charge in [-0.3, -0.25) is 0 Å². The molecule has 1 heterocycles. The minimum absolute atomic E-state index is 0.0416. The molecule has 1 aromatic carbocycles. The van der Waals surface area contributed by atoms with E-state index in [1.807, 2.05) is 6.07 Å². The fourth-order valence-electron chi connectivity index (χ4n) is 1.79. The van der Waals surface area contributed by atoms with E-state index in [4.69, 9.17) is 9.47 Å². The van der Waals surface area contributed by atoms with E-state index in [1.54, 1.807) is 45.0 Å². The van der Waals surface area contributed by atoms with E-state index in [0.29, 0.717) is 16.8 Å². The van der Waals surface area contributed by atoms with E-state index in [2.05, 4.69) is 20.9 Å². The lowest BCUT2D eigenvalue weighted by molar-refractivity contribution is 0.0511. The number of halogens is 1. The maximum absolute atomic E-state index is 12.4. The SMILES string of the molecule is CC(C)(C)OC(=O)n1cnc(CBr)c1C(=O)Oc1ccccc1. The Morgan fingerprint density at radius 2 is 1.87 bits per heavy atom. The first-order valence-electron chi connectivity index (χ1n) is 6.94. The first-order valence-corrected chi connectivity index (χ1v) is 8.06. The Morgan fingerprint density at radius 1 is 1.22 bits per heavy atom. The van der Waals surface area contributed by atoms with E-state index < -0.39 is 17.7 Å². The van der Waals surface area contributed by atoms with Crippen LogP contribution in [0.15, 0.2) is 36.7 Å². The summed E-state index contributed by atoms with van der Waals surface area (Å²) >= 11 is 3.25. The van der Waals surface area contributed by atoms with Crippen molar-refractivity contribution in [3.8, 4) is 5.75 Å². The van der Waals surface area contributed by atoms with Crippen LogP contribution in [0.25, 0.3) is 0 Å². The number of ether oxygens (including phenoxy) is 2. The molecule has 122 valence electrons. The number of aromatic nitrogens is 2. The van der Waals surface area contributed by atoms with Gasteiger partial charge in [-0.1, -0.05) is 34.1 Å². The van der Waals surface area contributed by atoms with Gasteiger partial charge in [0.1, 0.15) is 17.7 Å². The Labute approximate surface area is 142 Å². The lowest BCUT2D eigenvalue weighted by atomic mass is 10.2. The molecule has 0 bridgehead atoms. The van der Waals surface area contributed by atoms with E-state index in [0.717, 1.165) is 4.57 Å². The number of imidazole rings is 1. The van der Waals surface area contributed by atoms with Gasteiger partial charge in [0.2, 0.25) is 0 Å². The lowest BCUT2D eigenvalue weighted by Crippen LogP contribution is -2.29. The van der Waals surface area contributed by atoms with Gasteiger partial charge in [0.05, 0.1) is 5.69 Å². The third-order valence-corrected chi connectivity index (χ3v) is 3.24. The highest BCUT2D eigenvalue weighted by Crippen LogP contribution is 2.18. The number of benzene rings is 1. The Bertz CT molecular complexity index is 705. The van der Waals surface area contributed by atoms with E-state index >= 15 is 0 Å². The molecular weight excluding hydrogens is 364 g/mol. The zero-order valence-electron chi connectivity index (χ0n) is 13.1. The van der Waals surface area contributed by atoms with Crippen LogP contribution >= 0.6 is 15.9 Å². The average molecular weight is 381 g/mol. The number of hydrogen-bond acceptors (Lipinski definition) is 5. The van der Waals surface area contributed by atoms with Gasteiger partial charge in [0, 0.05) is 5.33 Å². The highest BCUT2D eigenvalue weighted by Gasteiger charge is 2.27. The molecule has 6 nitrogen and oxygen atoms in total. The fraction of sp³-hybridized carbons (Fsp3) is 0.312. The molecule has 0 unspecified atom stereocenters. The standard InChI is InChI=1S/C16H17BrN2O4/c1-16(2,3)23-15(21)19-10-18-12(9-17)13(19)14(20)22-11-7-5-4-6-8-11/h4-8,10H,9H2,1-3H3. The number of nitrogens with zero attached hydrogens (tertiary/aromatic N) is 2. The Balaban J connectivity index is 2.31. The highest BCUT2D eigenvalue weighted by atomic mass is 79.9. The summed E-state index contributed by atoms with van der Waals surface area (Å²) in [6.45, 7) is 5.24. The molecule has 0 saturated carbocycles. The van der Waals surface area contributed by atoms with E-state index in [9.17, 15) is 9.59 Å². The quantitative estimate of drug-likeness (QED) is 0.460. The molecule has 0 aliphatic heterocycles. The monoisotopic (exact) mass is 380 g/mol. The molecule has 0 amide bonds. The van der Waals surface area contributed by atoms with Crippen molar-refractivity contribution in [2.75, 3.05) is 0 Å². The lowest BCUT2D eigenvalue weighted by Gasteiger charge is -2.20. The van der Waals surface area contributed by atoms with Gasteiger partial charge in [-0.2, -0.15) is 0 Å². The van der Waals surface area contributed by atoms with Gasteiger partial charge in [0.25, 0.3) is 0 Å². The molecular formula is C16H17BrN2O4. The predicted octanol–water partition coefficient (Wildman–Crippen LogP) is 3.78. The van der Waals surface area contributed by atoms with Crippen LogP contribution in [0, 0.1) is 0 Å². The second kappa shape index (κ2) is 6.95. The van der Waals surface area contributed by atoms with Crippen LogP contribution in [0.3, 0.4) is 0 Å². The zero-order chi connectivity index (χ0) is 17.0. The summed E-state index contributed by atoms with van der Waals surface area (Å²) in [7, 11) is 0. The van der Waals surface area contributed by atoms with E-state index in [1.165, 1.54) is 6.33 Å². The van der Waals surface area contributed by atoms with Crippen molar-refractivity contribution in [1.29, 1.82) is 0 Å². The molecule has 0 aliphatic rings. The number of rotatable bonds is 3. The zero-order valence-corrected chi connectivity index (χ0v) is 14.7. The molecule has 0 radical (unpaired) electrons. The van der Waals surface area contributed by atoms with Crippen LogP contribution in [-0.2, 0) is 10.1 Å². The fourth-order valence-corrected chi connectivity index (χ4v) is 2.20. The molecule has 0 aliphatic carbocycles. The Morgan fingerprint density at radius 3 is 2.43 bits per heavy atom. The van der Waals surface area contributed by atoms with Crippen LogP contribution in [0.1, 0.15) is 37.0 Å². The van der Waals surface area contributed by atoms with Gasteiger partial charge < -0.3 is 9.47 Å². The molecule has 2 aromatic rings. The second-order valence-corrected chi connectivity index (χ2v) is 6.29. The number of alkyl halides is 1. The van der Waals surface area contributed by atoms with Crippen LogP contribution in [0.2, 0.25) is 0 Å². The maximum Gasteiger partial charge on any atom is 0.420 e. The molecule has 0 N–H and O–H groups in total. The summed E-state index contributed by atoms with van der Waals surface area (Å²) < 4.78 is 11.6. The number of para-hydroxylation sites is 1. The molecule has 0 spiro atoms. The van der Waals surface area contributed by atoms with Gasteiger partial charge in [-0.15, -0.1) is 0 Å². The van der Waals surface area contributed by atoms with Gasteiger partial charge in [-0.05, 0) is 32.9 Å². The van der Waals surface area contributed by atoms with Crippen LogP contribution in [0.4, 0.5) is 4.79 Å². The normalized spacial score (nSPS) is 11.1. The maximum atomic E-state index is 12.4. The average Bonchev–Trinajstić information content (AvgIpc) is 2.90. The van der Waals surface area contributed by atoms with Crippen LogP contribution < -0.4 is 4.74 Å². The first-order chi connectivity index (χ1) is 10.8. The third-order valence-electron chi connectivity index (χ3n) is 2.71. The Kier molecular flexibility index (Phi) is 5.20. The van der Waals surface area contributed by atoms with Crippen LogP contribution in [-0.4, -0.2) is 27.2 Å². The molecule has 1 aromatic heterocycles. The van der Waals surface area contributed by atoms with Crippen molar-refractivity contribution >= 4 is 28.0 Å². The van der Waals surface area contributed by atoms with Crippen molar-refractivity contribution in [2.24, 2.45) is 0 Å². The topological polar surface area (TPSA) is 70.4 Å². The predicted molar refractivity (Wildman–Crippen MR) is 87.9 cm³/mol. The summed E-state index contributed by atoms with van der Waals surface area (Å²) in [4.78, 5) is 28.7. The number of hydrogen-bond donors (Lipinski definition) is 0. The summed E-state index contributed by atoms with van der Waals surface area (Å²) in [5.74, 6) is -0.288. The first kappa shape index (κ1) is 17.2. The largest absolute Gasteiger partial charge is 0.443 e. The highest BCUT2D eigenvalue weighted by molar-refractivity contribution is 9.08. The van der Waals surface area contributed by atoms with Crippen molar-refractivity contribution in [3.05, 3.63) is 48.0 Å². The van der Waals surface area contributed by atoms with Crippen molar-refractivity contribution in [2.45, 2.75) is 31.7 Å². The number of carbonyl (C=O) groups excluding carboxylic acids is 2. The van der Waals surface area contributed by atoms with Gasteiger partial charge in [-0.25, -0.2) is 19.1 Å². The summed E-state index contributed by atoms with van der Waals surface area (Å²) in [6, 6.07) is 8.62. The minimum Gasteiger partial charge on any atom is -0.443 e. The van der Waals surface area contributed by atoms with Crippen molar-refractivity contribution in [1.82, 2.24) is 9.55 Å². The summed E-state index contributed by atoms with van der Waals surface area (Å²) in [6.07, 6.45) is 0.573. The Hall–Kier alpha value is -2.15. The van der Waals surface area contributed by atoms with Crippen molar-refractivity contribution in [3.63, 3.8) is 0 Å². The molecule has 0 saturated heterocycles. The number of carbonyl (C=O) groups is 2. The van der Waals surface area contributed by atoms with Crippen molar-refractivity contribution < 1.29 is 19.1 Å². The van der Waals surface area contributed by atoms with Gasteiger partial charge >= 0.3 is 12.1 Å². The smallest absolute Gasteiger partial charge is 0.420 e. The second-order valence-electron chi connectivity index (χ2n) is 5.73. The minimum atomic E-state index is -0.684. The molecule has 7 heteroatoms. The number of esters is 1. The molecule has 0 atom stereocenters. The third kappa shape index (κ3) is 4.41. The van der Waals surface area contributed by atoms with E-state index in [-0.39, 0.29) is 5.69 Å².